The van der Waals surface area contributed by atoms with E-state index in [2.05, 4.69) is 20.7 Å². The SMILES string of the molecule is Cc1onc(C(C)(C)C)c1C(=O)NCC(=O)NCCN1CCOCC1. The molecule has 0 spiro atoms. The molecule has 1 fully saturated rings. The molecule has 25 heavy (non-hydrogen) atoms. The largest absolute Gasteiger partial charge is 0.379 e. The Morgan fingerprint density at radius 3 is 2.52 bits per heavy atom. The number of carbonyl (C=O) groups is 2. The third kappa shape index (κ3) is 5.54. The van der Waals surface area contributed by atoms with Crippen molar-refractivity contribution in [3.05, 3.63) is 17.0 Å². The van der Waals surface area contributed by atoms with E-state index in [1.807, 2.05) is 20.8 Å². The summed E-state index contributed by atoms with van der Waals surface area (Å²) in [5.74, 6) is -0.102. The van der Waals surface area contributed by atoms with E-state index >= 15 is 0 Å². The summed E-state index contributed by atoms with van der Waals surface area (Å²) in [7, 11) is 0. The minimum Gasteiger partial charge on any atom is -0.379 e. The van der Waals surface area contributed by atoms with Gasteiger partial charge in [0.25, 0.3) is 5.91 Å². The molecule has 0 aliphatic carbocycles. The van der Waals surface area contributed by atoms with Gasteiger partial charge in [0, 0.05) is 31.6 Å². The highest BCUT2D eigenvalue weighted by Crippen LogP contribution is 2.26. The predicted molar refractivity (Wildman–Crippen MR) is 92.5 cm³/mol. The van der Waals surface area contributed by atoms with Crippen LogP contribution in [0.2, 0.25) is 0 Å². The molecule has 2 heterocycles. The summed E-state index contributed by atoms with van der Waals surface area (Å²) in [5, 5.41) is 9.44. The third-order valence-electron chi connectivity index (χ3n) is 4.06. The first-order valence-electron chi connectivity index (χ1n) is 8.61. The fraction of sp³-hybridized carbons (Fsp3) is 0.706. The molecular weight excluding hydrogens is 324 g/mol. The van der Waals surface area contributed by atoms with Crippen LogP contribution in [0.5, 0.6) is 0 Å². The number of aromatic nitrogens is 1. The second-order valence-corrected chi connectivity index (χ2v) is 7.20. The fourth-order valence-corrected chi connectivity index (χ4v) is 2.64. The van der Waals surface area contributed by atoms with Crippen LogP contribution in [0.3, 0.4) is 0 Å². The number of hydrogen-bond donors (Lipinski definition) is 2. The summed E-state index contributed by atoms with van der Waals surface area (Å²) in [6, 6.07) is 0. The highest BCUT2D eigenvalue weighted by molar-refractivity contribution is 5.98. The molecule has 0 atom stereocenters. The van der Waals surface area contributed by atoms with Crippen LogP contribution in [0.1, 0.15) is 42.6 Å². The van der Waals surface area contributed by atoms with Crippen LogP contribution in [0, 0.1) is 6.92 Å². The molecule has 0 saturated carbocycles. The standard InChI is InChI=1S/C17H28N4O4/c1-12-14(15(20-25-12)17(2,3)4)16(23)19-11-13(22)18-5-6-21-7-9-24-10-8-21/h5-11H2,1-4H3,(H,18,22)(H,19,23). The summed E-state index contributed by atoms with van der Waals surface area (Å²) < 4.78 is 10.4. The molecule has 1 aromatic heterocycles. The zero-order chi connectivity index (χ0) is 18.4. The van der Waals surface area contributed by atoms with Crippen molar-refractivity contribution in [1.82, 2.24) is 20.7 Å². The molecule has 2 N–H and O–H groups in total. The Labute approximate surface area is 148 Å². The number of hydrogen-bond acceptors (Lipinski definition) is 6. The molecule has 0 unspecified atom stereocenters. The number of carbonyl (C=O) groups excluding carboxylic acids is 2. The second-order valence-electron chi connectivity index (χ2n) is 7.20. The summed E-state index contributed by atoms with van der Waals surface area (Å²) >= 11 is 0. The Kier molecular flexibility index (Phi) is 6.55. The van der Waals surface area contributed by atoms with Gasteiger partial charge in [-0.15, -0.1) is 0 Å². The predicted octanol–water partition coefficient (Wildman–Crippen LogP) is 0.459. The van der Waals surface area contributed by atoms with Crippen molar-refractivity contribution < 1.29 is 18.8 Å². The molecule has 8 heteroatoms. The van der Waals surface area contributed by atoms with Crippen LogP contribution in [-0.2, 0) is 14.9 Å². The maximum Gasteiger partial charge on any atom is 0.257 e. The van der Waals surface area contributed by atoms with Crippen molar-refractivity contribution in [2.24, 2.45) is 0 Å². The van der Waals surface area contributed by atoms with Crippen LogP contribution < -0.4 is 10.6 Å². The van der Waals surface area contributed by atoms with Crippen molar-refractivity contribution in [2.45, 2.75) is 33.1 Å². The molecule has 1 aromatic rings. The van der Waals surface area contributed by atoms with Crippen molar-refractivity contribution in [3.63, 3.8) is 0 Å². The smallest absolute Gasteiger partial charge is 0.257 e. The van der Waals surface area contributed by atoms with Gasteiger partial charge in [-0.05, 0) is 6.92 Å². The first kappa shape index (κ1) is 19.4. The van der Waals surface area contributed by atoms with Gasteiger partial charge >= 0.3 is 0 Å². The van der Waals surface area contributed by atoms with Crippen molar-refractivity contribution >= 4 is 11.8 Å². The third-order valence-corrected chi connectivity index (χ3v) is 4.06. The molecular formula is C17H28N4O4. The van der Waals surface area contributed by atoms with Crippen LogP contribution in [-0.4, -0.2) is 67.8 Å². The summed E-state index contributed by atoms with van der Waals surface area (Å²) in [4.78, 5) is 26.6. The Morgan fingerprint density at radius 2 is 1.88 bits per heavy atom. The van der Waals surface area contributed by atoms with Crippen LogP contribution in [0.15, 0.2) is 4.52 Å². The number of aryl methyl sites for hydroxylation is 1. The molecule has 2 rings (SSSR count). The first-order chi connectivity index (χ1) is 11.8. The van der Waals surface area contributed by atoms with Gasteiger partial charge in [0.05, 0.1) is 19.8 Å². The lowest BCUT2D eigenvalue weighted by Gasteiger charge is -2.26. The van der Waals surface area contributed by atoms with Crippen LogP contribution >= 0.6 is 0 Å². The van der Waals surface area contributed by atoms with Crippen molar-refractivity contribution in [2.75, 3.05) is 45.9 Å². The maximum atomic E-state index is 12.4. The van der Waals surface area contributed by atoms with Gasteiger partial charge < -0.3 is 19.9 Å². The quantitative estimate of drug-likeness (QED) is 0.772. The van der Waals surface area contributed by atoms with Crippen molar-refractivity contribution in [1.29, 1.82) is 0 Å². The first-order valence-corrected chi connectivity index (χ1v) is 8.61. The van der Waals surface area contributed by atoms with Gasteiger partial charge in [-0.2, -0.15) is 0 Å². The number of nitrogens with one attached hydrogen (secondary N) is 2. The number of nitrogens with zero attached hydrogens (tertiary/aromatic N) is 2. The maximum absolute atomic E-state index is 12.4. The number of ether oxygens (including phenoxy) is 1. The minimum atomic E-state index is -0.341. The average molecular weight is 352 g/mol. The molecule has 0 bridgehead atoms. The summed E-state index contributed by atoms with van der Waals surface area (Å²) in [5.41, 5.74) is 0.689. The van der Waals surface area contributed by atoms with Gasteiger partial charge in [0.1, 0.15) is 17.0 Å². The summed E-state index contributed by atoms with van der Waals surface area (Å²) in [6.07, 6.45) is 0. The van der Waals surface area contributed by atoms with Gasteiger partial charge in [0.15, 0.2) is 0 Å². The highest BCUT2D eigenvalue weighted by atomic mass is 16.5. The lowest BCUT2D eigenvalue weighted by atomic mass is 9.88. The van der Waals surface area contributed by atoms with E-state index in [1.54, 1.807) is 6.92 Å². The van der Waals surface area contributed by atoms with Gasteiger partial charge in [-0.25, -0.2) is 0 Å². The van der Waals surface area contributed by atoms with Gasteiger partial charge in [0.2, 0.25) is 5.91 Å². The number of rotatable bonds is 6. The molecule has 2 amide bonds. The zero-order valence-corrected chi connectivity index (χ0v) is 15.5. The van der Waals surface area contributed by atoms with Crippen LogP contribution in [0.25, 0.3) is 0 Å². The Balaban J connectivity index is 1.78. The average Bonchev–Trinajstić information content (AvgIpc) is 2.95. The van der Waals surface area contributed by atoms with E-state index in [0.717, 1.165) is 32.8 Å². The number of amides is 2. The van der Waals surface area contributed by atoms with E-state index < -0.39 is 0 Å². The van der Waals surface area contributed by atoms with Crippen molar-refractivity contribution in [3.8, 4) is 0 Å². The van der Waals surface area contributed by atoms with E-state index in [4.69, 9.17) is 9.26 Å². The van der Waals surface area contributed by atoms with Gasteiger partial charge in [-0.1, -0.05) is 25.9 Å². The Morgan fingerprint density at radius 1 is 1.20 bits per heavy atom. The second kappa shape index (κ2) is 8.44. The highest BCUT2D eigenvalue weighted by Gasteiger charge is 2.28. The number of morpholine rings is 1. The van der Waals surface area contributed by atoms with Gasteiger partial charge in [-0.3, -0.25) is 14.5 Å². The lowest BCUT2D eigenvalue weighted by molar-refractivity contribution is -0.120. The molecule has 1 saturated heterocycles. The zero-order valence-electron chi connectivity index (χ0n) is 15.5. The molecule has 8 nitrogen and oxygen atoms in total. The molecule has 1 aliphatic heterocycles. The lowest BCUT2D eigenvalue weighted by Crippen LogP contribution is -2.43. The van der Waals surface area contributed by atoms with E-state index in [0.29, 0.717) is 23.6 Å². The Hall–Kier alpha value is -1.93. The monoisotopic (exact) mass is 352 g/mol. The van der Waals surface area contributed by atoms with E-state index in [-0.39, 0.29) is 23.8 Å². The topological polar surface area (TPSA) is 96.7 Å². The molecule has 0 radical (unpaired) electrons. The Bertz CT molecular complexity index is 600. The molecule has 140 valence electrons. The van der Waals surface area contributed by atoms with E-state index in [9.17, 15) is 9.59 Å². The fourth-order valence-electron chi connectivity index (χ4n) is 2.64. The molecule has 1 aliphatic rings. The molecule has 0 aromatic carbocycles. The van der Waals surface area contributed by atoms with Crippen LogP contribution in [0.4, 0.5) is 0 Å². The normalized spacial score (nSPS) is 15.8. The summed E-state index contributed by atoms with van der Waals surface area (Å²) in [6.45, 7) is 12.1. The van der Waals surface area contributed by atoms with E-state index in [1.165, 1.54) is 0 Å². The minimum absolute atomic E-state index is 0.0733.